The predicted octanol–water partition coefficient (Wildman–Crippen LogP) is 6.14. The smallest absolute Gasteiger partial charge is 0.374 e. The zero-order chi connectivity index (χ0) is 27.2. The van der Waals surface area contributed by atoms with E-state index in [1.807, 2.05) is 6.07 Å². The molecular formula is C22H17Cl2F2N5O4S2. The highest BCUT2D eigenvalue weighted by atomic mass is 35.5. The molecule has 1 unspecified atom stereocenters. The van der Waals surface area contributed by atoms with E-state index in [4.69, 9.17) is 38.8 Å². The van der Waals surface area contributed by atoms with Crippen molar-refractivity contribution in [2.24, 2.45) is 0 Å². The molecule has 0 amide bonds. The minimum absolute atomic E-state index is 0.301. The lowest BCUT2D eigenvalue weighted by Gasteiger charge is -2.14. The number of benzene rings is 2. The minimum Gasteiger partial charge on any atom is -0.477 e. The summed E-state index contributed by atoms with van der Waals surface area (Å²) >= 11 is 13.8. The van der Waals surface area contributed by atoms with Crippen LogP contribution >= 0.6 is 34.5 Å². The Hall–Kier alpha value is -3.39. The van der Waals surface area contributed by atoms with Gasteiger partial charge in [-0.2, -0.15) is 8.78 Å². The number of carboxylic acids is 1. The monoisotopic (exact) mass is 587 g/mol. The first-order valence-corrected chi connectivity index (χ1v) is 12.8. The summed E-state index contributed by atoms with van der Waals surface area (Å²) in [7, 11) is -1.54. The van der Waals surface area contributed by atoms with Crippen LogP contribution < -0.4 is 15.2 Å². The molecule has 0 radical (unpaired) electrons. The molecule has 0 saturated heterocycles. The molecule has 0 saturated carbocycles. The van der Waals surface area contributed by atoms with Crippen LogP contribution in [0.2, 0.25) is 10.0 Å². The number of carboxylic acid groups (broad SMARTS) is 1. The molecule has 4 N–H and O–H groups in total. The quantitative estimate of drug-likeness (QED) is 0.234. The number of hydrogen-bond donors (Lipinski definition) is 3. The van der Waals surface area contributed by atoms with E-state index in [-0.39, 0.29) is 0 Å². The van der Waals surface area contributed by atoms with Gasteiger partial charge in [0, 0.05) is 23.7 Å². The highest BCUT2D eigenvalue weighted by Gasteiger charge is 2.31. The van der Waals surface area contributed by atoms with Crippen LogP contribution in [0.1, 0.15) is 6.92 Å². The van der Waals surface area contributed by atoms with Gasteiger partial charge < -0.3 is 15.6 Å². The number of pyridine rings is 1. The van der Waals surface area contributed by atoms with E-state index in [0.29, 0.717) is 44.3 Å². The van der Waals surface area contributed by atoms with Crippen molar-refractivity contribution in [2.75, 3.05) is 10.5 Å². The molecule has 0 aliphatic rings. The average Bonchev–Trinajstić information content (AvgIpc) is 3.34. The van der Waals surface area contributed by atoms with Gasteiger partial charge in [-0.25, -0.2) is 14.0 Å². The maximum absolute atomic E-state index is 12.4. The van der Waals surface area contributed by atoms with Crippen LogP contribution in [-0.2, 0) is 15.8 Å². The second-order valence-corrected chi connectivity index (χ2v) is 10.0. The molecule has 0 aliphatic carbocycles. The Kier molecular flexibility index (Phi) is 9.32. The standard InChI is InChI=1S/C19H13Cl2N5O2S2.C3H4F2O2/c20-12-1-3-16(14(8-12)11-5-6-23-18(22)7-11)28-17-4-2-13(9-15(17)21)30(27)26-19-25-24-10-29-19;1-3(4,5)2(6)7/h1-10H,(H2,22,23)(H,25,26);1H3,(H,6,7). The van der Waals surface area contributed by atoms with Gasteiger partial charge in [0.15, 0.2) is 11.0 Å². The Morgan fingerprint density at radius 2 is 1.86 bits per heavy atom. The Morgan fingerprint density at radius 1 is 1.16 bits per heavy atom. The molecule has 194 valence electrons. The average molecular weight is 588 g/mol. The summed E-state index contributed by atoms with van der Waals surface area (Å²) in [6.07, 6.45) is 1.61. The van der Waals surface area contributed by atoms with Crippen molar-refractivity contribution in [1.29, 1.82) is 0 Å². The van der Waals surface area contributed by atoms with Gasteiger partial charge in [0.05, 0.1) is 9.92 Å². The van der Waals surface area contributed by atoms with Gasteiger partial charge in [0.1, 0.15) is 22.8 Å². The van der Waals surface area contributed by atoms with Gasteiger partial charge in [0.25, 0.3) is 0 Å². The second kappa shape index (κ2) is 12.2. The van der Waals surface area contributed by atoms with Crippen molar-refractivity contribution in [3.63, 3.8) is 0 Å². The van der Waals surface area contributed by atoms with Crippen molar-refractivity contribution in [1.82, 2.24) is 15.2 Å². The number of nitrogen functional groups attached to an aromatic ring is 1. The molecule has 2 heterocycles. The summed E-state index contributed by atoms with van der Waals surface area (Å²) < 4.78 is 43.7. The lowest BCUT2D eigenvalue weighted by molar-refractivity contribution is -0.161. The van der Waals surface area contributed by atoms with Gasteiger partial charge in [-0.15, -0.1) is 10.2 Å². The first kappa shape index (κ1) is 28.2. The van der Waals surface area contributed by atoms with E-state index in [2.05, 4.69) is 19.9 Å². The van der Waals surface area contributed by atoms with Crippen molar-refractivity contribution in [3.05, 3.63) is 70.3 Å². The van der Waals surface area contributed by atoms with E-state index in [1.165, 1.54) is 11.3 Å². The summed E-state index contributed by atoms with van der Waals surface area (Å²) in [5.74, 6) is -4.36. The van der Waals surface area contributed by atoms with Gasteiger partial charge in [-0.05, 0) is 54.1 Å². The van der Waals surface area contributed by atoms with Crippen LogP contribution in [-0.4, -0.2) is 36.4 Å². The molecule has 2 aromatic heterocycles. The van der Waals surface area contributed by atoms with Gasteiger partial charge in [-0.1, -0.05) is 34.5 Å². The number of halogens is 4. The third-order valence-corrected chi connectivity index (χ3v) is 6.61. The number of ether oxygens (including phenoxy) is 1. The summed E-state index contributed by atoms with van der Waals surface area (Å²) in [5, 5.41) is 16.3. The number of hydrogen-bond acceptors (Lipinski definition) is 8. The minimum atomic E-state index is -3.58. The molecule has 0 aliphatic heterocycles. The highest BCUT2D eigenvalue weighted by molar-refractivity contribution is 7.86. The second-order valence-electron chi connectivity index (χ2n) is 7.11. The molecule has 1 atom stereocenters. The molecular weight excluding hydrogens is 571 g/mol. The highest BCUT2D eigenvalue weighted by Crippen LogP contribution is 2.38. The summed E-state index contributed by atoms with van der Waals surface area (Å²) in [6.45, 7) is 0.329. The fraction of sp³-hybridized carbons (Fsp3) is 0.0909. The molecule has 0 bridgehead atoms. The molecule has 15 heteroatoms. The topological polar surface area (TPSA) is 140 Å². The number of anilines is 2. The Labute approximate surface area is 225 Å². The van der Waals surface area contributed by atoms with Gasteiger partial charge in [0.2, 0.25) is 5.13 Å². The normalized spacial score (nSPS) is 11.7. The zero-order valence-electron chi connectivity index (χ0n) is 18.7. The third kappa shape index (κ3) is 8.05. The fourth-order valence-electron chi connectivity index (χ4n) is 2.59. The summed E-state index contributed by atoms with van der Waals surface area (Å²) in [5.41, 5.74) is 8.89. The predicted molar refractivity (Wildman–Crippen MR) is 139 cm³/mol. The third-order valence-electron chi connectivity index (χ3n) is 4.29. The van der Waals surface area contributed by atoms with Crippen molar-refractivity contribution in [3.8, 4) is 22.6 Å². The van der Waals surface area contributed by atoms with Crippen molar-refractivity contribution < 1.29 is 27.6 Å². The molecule has 0 spiro atoms. The van der Waals surface area contributed by atoms with Crippen LogP contribution in [0.4, 0.5) is 19.7 Å². The number of aromatic nitrogens is 3. The SMILES string of the molecule is CC(F)(F)C(=O)O.Nc1cc(-c2cc(Cl)ccc2Oc2ccc(S(=O)Nc3nncs3)cc2Cl)ccn1. The number of rotatable bonds is 7. The number of alkyl halides is 2. The van der Waals surface area contributed by atoms with Crippen LogP contribution in [0.5, 0.6) is 11.5 Å². The maximum Gasteiger partial charge on any atom is 0.374 e. The zero-order valence-corrected chi connectivity index (χ0v) is 21.8. The summed E-state index contributed by atoms with van der Waals surface area (Å²) in [6, 6.07) is 13.6. The number of nitrogens with two attached hydrogens (primary N) is 1. The first-order chi connectivity index (χ1) is 17.4. The van der Waals surface area contributed by atoms with Crippen LogP contribution in [0.3, 0.4) is 0 Å². The molecule has 4 rings (SSSR count). The van der Waals surface area contributed by atoms with E-state index >= 15 is 0 Å². The number of nitrogens with one attached hydrogen (secondary N) is 1. The van der Waals surface area contributed by atoms with Gasteiger partial charge >= 0.3 is 11.9 Å². The van der Waals surface area contributed by atoms with E-state index in [9.17, 15) is 17.8 Å². The summed E-state index contributed by atoms with van der Waals surface area (Å²) in [4.78, 5) is 13.8. The van der Waals surface area contributed by atoms with Crippen molar-refractivity contribution >= 4 is 62.4 Å². The van der Waals surface area contributed by atoms with E-state index in [1.54, 1.807) is 54.2 Å². The Morgan fingerprint density at radius 3 is 2.46 bits per heavy atom. The van der Waals surface area contributed by atoms with E-state index in [0.717, 1.165) is 11.1 Å². The first-order valence-electron chi connectivity index (χ1n) is 9.98. The lowest BCUT2D eigenvalue weighted by atomic mass is 10.1. The lowest BCUT2D eigenvalue weighted by Crippen LogP contribution is -2.22. The number of nitrogens with zero attached hydrogens (tertiary/aromatic N) is 3. The Bertz CT molecular complexity index is 1420. The van der Waals surface area contributed by atoms with Crippen LogP contribution in [0.25, 0.3) is 11.1 Å². The molecule has 9 nitrogen and oxygen atoms in total. The van der Waals surface area contributed by atoms with Crippen LogP contribution in [0.15, 0.2) is 65.1 Å². The molecule has 0 fully saturated rings. The van der Waals surface area contributed by atoms with Crippen molar-refractivity contribution in [2.45, 2.75) is 17.7 Å². The molecule has 37 heavy (non-hydrogen) atoms. The largest absolute Gasteiger partial charge is 0.477 e. The van der Waals surface area contributed by atoms with E-state index < -0.39 is 22.9 Å². The number of carbonyl (C=O) groups is 1. The van der Waals surface area contributed by atoms with Crippen LogP contribution in [0, 0.1) is 0 Å². The Balaban J connectivity index is 0.000000479. The fourth-order valence-corrected chi connectivity index (χ4v) is 4.48. The number of aliphatic carboxylic acids is 1. The maximum atomic E-state index is 12.4. The molecule has 4 aromatic rings. The van der Waals surface area contributed by atoms with Gasteiger partial charge in [-0.3, -0.25) is 4.72 Å². The molecule has 2 aromatic carbocycles.